The Hall–Kier alpha value is -1.74. The molecule has 2 aromatic carbocycles. The molecular weight excluding hydrogens is 226 g/mol. The van der Waals surface area contributed by atoms with Crippen molar-refractivity contribution in [1.82, 2.24) is 5.32 Å². The van der Waals surface area contributed by atoms with Crippen LogP contribution in [0, 0.1) is 6.92 Å². The van der Waals surface area contributed by atoms with Gasteiger partial charge in [0.1, 0.15) is 0 Å². The summed E-state index contributed by atoms with van der Waals surface area (Å²) in [7, 11) is 0. The van der Waals surface area contributed by atoms with Gasteiger partial charge in [-0.15, -0.1) is 0 Å². The van der Waals surface area contributed by atoms with Crippen LogP contribution >= 0.6 is 0 Å². The molecule has 18 heavy (non-hydrogen) atoms. The summed E-state index contributed by atoms with van der Waals surface area (Å²) in [4.78, 5) is 0. The van der Waals surface area contributed by atoms with Gasteiger partial charge in [0, 0.05) is 5.56 Å². The highest BCUT2D eigenvalue weighted by atomic mass is 16.3. The maximum absolute atomic E-state index is 9.75. The number of rotatable bonds is 4. The molecule has 0 fully saturated rings. The van der Waals surface area contributed by atoms with Gasteiger partial charge in [-0.05, 0) is 48.8 Å². The Morgan fingerprint density at radius 3 is 2.67 bits per heavy atom. The number of hydrogen-bond acceptors (Lipinski definition) is 3. The first kappa shape index (κ1) is 12.7. The van der Waals surface area contributed by atoms with Crippen LogP contribution in [-0.2, 0) is 6.42 Å². The largest absolute Gasteiger partial charge is 0.504 e. The molecular formula is C15H19NO2. The van der Waals surface area contributed by atoms with Crippen LogP contribution in [-0.4, -0.2) is 23.3 Å². The average Bonchev–Trinajstić information content (AvgIpc) is 2.37. The Labute approximate surface area is 107 Å². The summed E-state index contributed by atoms with van der Waals surface area (Å²) in [6.07, 6.45) is 0.963. The lowest BCUT2D eigenvalue weighted by Crippen LogP contribution is -2.15. The fourth-order valence-electron chi connectivity index (χ4n) is 2.15. The summed E-state index contributed by atoms with van der Waals surface area (Å²) in [6, 6.07) is 7.74. The summed E-state index contributed by atoms with van der Waals surface area (Å²) in [5.74, 6) is -0.0771. The van der Waals surface area contributed by atoms with Crippen LogP contribution < -0.4 is 5.32 Å². The monoisotopic (exact) mass is 245 g/mol. The number of benzene rings is 2. The van der Waals surface area contributed by atoms with Crippen molar-refractivity contribution in [1.29, 1.82) is 0 Å². The van der Waals surface area contributed by atoms with Crippen molar-refractivity contribution in [3.05, 3.63) is 35.4 Å². The zero-order valence-corrected chi connectivity index (χ0v) is 10.8. The van der Waals surface area contributed by atoms with Gasteiger partial charge in [0.15, 0.2) is 11.5 Å². The molecule has 0 radical (unpaired) electrons. The maximum atomic E-state index is 9.75. The summed E-state index contributed by atoms with van der Waals surface area (Å²) in [6.45, 7) is 5.84. The molecule has 0 amide bonds. The number of phenols is 2. The van der Waals surface area contributed by atoms with Crippen molar-refractivity contribution >= 4 is 10.8 Å². The van der Waals surface area contributed by atoms with Gasteiger partial charge in [0.25, 0.3) is 0 Å². The number of hydrogen-bond donors (Lipinski definition) is 3. The van der Waals surface area contributed by atoms with E-state index >= 15 is 0 Å². The molecule has 3 N–H and O–H groups in total. The van der Waals surface area contributed by atoms with Gasteiger partial charge < -0.3 is 15.5 Å². The summed E-state index contributed by atoms with van der Waals surface area (Å²) in [5.41, 5.74) is 1.96. The quantitative estimate of drug-likeness (QED) is 0.573. The number of nitrogens with one attached hydrogen (secondary N) is 1. The summed E-state index contributed by atoms with van der Waals surface area (Å²) >= 11 is 0. The van der Waals surface area contributed by atoms with E-state index in [1.165, 1.54) is 5.56 Å². The molecule has 0 saturated heterocycles. The van der Waals surface area contributed by atoms with Crippen molar-refractivity contribution in [2.75, 3.05) is 13.1 Å². The van der Waals surface area contributed by atoms with E-state index in [2.05, 4.69) is 24.4 Å². The van der Waals surface area contributed by atoms with Crippen molar-refractivity contribution in [2.45, 2.75) is 20.3 Å². The van der Waals surface area contributed by atoms with E-state index in [9.17, 15) is 10.2 Å². The van der Waals surface area contributed by atoms with Gasteiger partial charge in [0.05, 0.1) is 0 Å². The minimum atomic E-state index is -0.0552. The molecule has 0 spiro atoms. The standard InChI is InChI=1S/C15H19NO2/c1-3-16-7-6-11-4-5-12-9-14(17)15(18)10(2)13(12)8-11/h4-5,8-9,16-18H,3,6-7H2,1-2H3. The highest BCUT2D eigenvalue weighted by Crippen LogP contribution is 2.35. The zero-order valence-electron chi connectivity index (χ0n) is 10.8. The average molecular weight is 245 g/mol. The molecule has 0 aliphatic carbocycles. The summed E-state index contributed by atoms with van der Waals surface area (Å²) < 4.78 is 0. The Morgan fingerprint density at radius 2 is 1.94 bits per heavy atom. The molecule has 0 unspecified atom stereocenters. The van der Waals surface area contributed by atoms with Crippen LogP contribution in [0.2, 0.25) is 0 Å². The number of aromatic hydroxyl groups is 2. The number of fused-ring (bicyclic) bond motifs is 1. The van der Waals surface area contributed by atoms with E-state index < -0.39 is 0 Å². The van der Waals surface area contributed by atoms with E-state index in [-0.39, 0.29) is 11.5 Å². The van der Waals surface area contributed by atoms with Crippen molar-refractivity contribution in [3.63, 3.8) is 0 Å². The number of aryl methyl sites for hydroxylation is 1. The van der Waals surface area contributed by atoms with E-state index in [4.69, 9.17) is 0 Å². The van der Waals surface area contributed by atoms with Crippen LogP contribution in [0.3, 0.4) is 0 Å². The molecule has 0 heterocycles. The first-order valence-corrected chi connectivity index (χ1v) is 6.28. The minimum Gasteiger partial charge on any atom is -0.504 e. The van der Waals surface area contributed by atoms with Gasteiger partial charge in [-0.25, -0.2) is 0 Å². The van der Waals surface area contributed by atoms with Crippen LogP contribution in [0.5, 0.6) is 11.5 Å². The Balaban J connectivity index is 2.38. The van der Waals surface area contributed by atoms with Crippen LogP contribution in [0.25, 0.3) is 10.8 Å². The normalized spacial score (nSPS) is 11.0. The second kappa shape index (κ2) is 5.27. The molecule has 2 aromatic rings. The topological polar surface area (TPSA) is 52.5 Å². The van der Waals surface area contributed by atoms with Gasteiger partial charge in [-0.3, -0.25) is 0 Å². The Morgan fingerprint density at radius 1 is 1.17 bits per heavy atom. The van der Waals surface area contributed by atoms with Crippen LogP contribution in [0.1, 0.15) is 18.1 Å². The predicted molar refractivity (Wildman–Crippen MR) is 74.3 cm³/mol. The van der Waals surface area contributed by atoms with E-state index in [1.807, 2.05) is 13.0 Å². The molecule has 2 rings (SSSR count). The third-order valence-electron chi connectivity index (χ3n) is 3.25. The third kappa shape index (κ3) is 2.41. The minimum absolute atomic E-state index is 0.0219. The number of likely N-dealkylation sites (N-methyl/N-ethyl adjacent to an activating group) is 1. The fourth-order valence-corrected chi connectivity index (χ4v) is 2.15. The second-order valence-corrected chi connectivity index (χ2v) is 4.53. The highest BCUT2D eigenvalue weighted by molar-refractivity contribution is 5.90. The highest BCUT2D eigenvalue weighted by Gasteiger charge is 2.08. The zero-order chi connectivity index (χ0) is 13.1. The molecule has 96 valence electrons. The van der Waals surface area contributed by atoms with Gasteiger partial charge in [-0.2, -0.15) is 0 Å². The molecule has 0 aromatic heterocycles. The van der Waals surface area contributed by atoms with Crippen molar-refractivity contribution in [2.24, 2.45) is 0 Å². The lowest BCUT2D eigenvalue weighted by Gasteiger charge is -2.09. The maximum Gasteiger partial charge on any atom is 0.161 e. The van der Waals surface area contributed by atoms with Gasteiger partial charge in [0.2, 0.25) is 0 Å². The predicted octanol–water partition coefficient (Wildman–Crippen LogP) is 2.71. The second-order valence-electron chi connectivity index (χ2n) is 4.53. The van der Waals surface area contributed by atoms with E-state index in [1.54, 1.807) is 6.07 Å². The van der Waals surface area contributed by atoms with Crippen molar-refractivity contribution in [3.8, 4) is 11.5 Å². The van der Waals surface area contributed by atoms with Crippen LogP contribution in [0.4, 0.5) is 0 Å². The van der Waals surface area contributed by atoms with Crippen molar-refractivity contribution < 1.29 is 10.2 Å². The third-order valence-corrected chi connectivity index (χ3v) is 3.25. The van der Waals surface area contributed by atoms with Crippen LogP contribution in [0.15, 0.2) is 24.3 Å². The summed E-state index contributed by atoms with van der Waals surface area (Å²) in [5, 5.41) is 24.6. The first-order chi connectivity index (χ1) is 8.63. The Kier molecular flexibility index (Phi) is 3.72. The molecule has 0 saturated carbocycles. The Bertz CT molecular complexity index is 564. The van der Waals surface area contributed by atoms with E-state index in [0.717, 1.165) is 35.8 Å². The van der Waals surface area contributed by atoms with Gasteiger partial charge in [-0.1, -0.05) is 25.1 Å². The fraction of sp³-hybridized carbons (Fsp3) is 0.333. The van der Waals surface area contributed by atoms with Gasteiger partial charge >= 0.3 is 0 Å². The molecule has 3 nitrogen and oxygen atoms in total. The first-order valence-electron chi connectivity index (χ1n) is 6.28. The molecule has 3 heteroatoms. The lowest BCUT2D eigenvalue weighted by molar-refractivity contribution is 0.402. The molecule has 0 bridgehead atoms. The lowest BCUT2D eigenvalue weighted by atomic mass is 10.00. The molecule has 0 atom stereocenters. The van der Waals surface area contributed by atoms with E-state index in [0.29, 0.717) is 0 Å². The number of phenolic OH excluding ortho intramolecular Hbond substituents is 2. The SMILES string of the molecule is CCNCCc1ccc2cc(O)c(O)c(C)c2c1. The molecule has 0 aliphatic rings. The molecule has 0 aliphatic heterocycles. The smallest absolute Gasteiger partial charge is 0.161 e.